The van der Waals surface area contributed by atoms with Crippen molar-refractivity contribution in [1.29, 1.82) is 0 Å². The van der Waals surface area contributed by atoms with E-state index in [1.807, 2.05) is 38.0 Å². The summed E-state index contributed by atoms with van der Waals surface area (Å²) < 4.78 is 0. The molecule has 0 aliphatic heterocycles. The van der Waals surface area contributed by atoms with Gasteiger partial charge in [-0.15, -0.1) is 24.0 Å². The summed E-state index contributed by atoms with van der Waals surface area (Å²) in [6.07, 6.45) is 1.16. The normalized spacial score (nSPS) is 9.50. The second-order valence-electron chi connectivity index (χ2n) is 5.13. The number of guanidine groups is 1. The van der Waals surface area contributed by atoms with Crippen LogP contribution in [0.15, 0.2) is 29.3 Å². The third-order valence-corrected chi connectivity index (χ3v) is 3.00. The van der Waals surface area contributed by atoms with E-state index in [1.165, 1.54) is 0 Å². The molecule has 124 valence electrons. The lowest BCUT2D eigenvalue weighted by molar-refractivity contribution is -0.116. The van der Waals surface area contributed by atoms with Crippen LogP contribution < -0.4 is 5.32 Å². The van der Waals surface area contributed by atoms with Crippen molar-refractivity contribution in [3.05, 3.63) is 29.3 Å². The van der Waals surface area contributed by atoms with Crippen LogP contribution >= 0.6 is 35.6 Å². The maximum atomic E-state index is 11.8. The summed E-state index contributed by atoms with van der Waals surface area (Å²) >= 11 is 5.80. The van der Waals surface area contributed by atoms with Crippen LogP contribution in [0, 0.1) is 0 Å². The number of rotatable bonds is 5. The molecule has 1 aromatic carbocycles. The smallest absolute Gasteiger partial charge is 0.224 e. The Morgan fingerprint density at radius 3 is 2.18 bits per heavy atom. The minimum atomic E-state index is -0.0104. The highest BCUT2D eigenvalue weighted by Crippen LogP contribution is 2.13. The van der Waals surface area contributed by atoms with Crippen molar-refractivity contribution < 1.29 is 4.79 Å². The van der Waals surface area contributed by atoms with Crippen LogP contribution in [0.1, 0.15) is 12.8 Å². The molecule has 7 heteroatoms. The van der Waals surface area contributed by atoms with Crippen molar-refractivity contribution >= 4 is 53.1 Å². The molecule has 1 aromatic rings. The highest BCUT2D eigenvalue weighted by molar-refractivity contribution is 14.0. The Bertz CT molecular complexity index is 479. The standard InChI is InChI=1S/C15H23ClN4O.HI/c1-19(2)15(20(3)4)17-11-5-6-14(21)18-13-9-7-12(16)8-10-13;/h7-10H,5-6,11H2,1-4H3,(H,18,21);1H. The van der Waals surface area contributed by atoms with Crippen molar-refractivity contribution in [3.8, 4) is 0 Å². The van der Waals surface area contributed by atoms with Gasteiger partial charge in [-0.25, -0.2) is 0 Å². The number of nitrogens with one attached hydrogen (secondary N) is 1. The van der Waals surface area contributed by atoms with Gasteiger partial charge >= 0.3 is 0 Å². The first-order valence-corrected chi connectivity index (χ1v) is 7.22. The Labute approximate surface area is 154 Å². The van der Waals surface area contributed by atoms with Crippen molar-refractivity contribution in [2.45, 2.75) is 12.8 Å². The van der Waals surface area contributed by atoms with Crippen molar-refractivity contribution in [2.24, 2.45) is 4.99 Å². The van der Waals surface area contributed by atoms with Gasteiger partial charge in [-0.3, -0.25) is 9.79 Å². The lowest BCUT2D eigenvalue weighted by Crippen LogP contribution is -2.35. The van der Waals surface area contributed by atoms with E-state index in [-0.39, 0.29) is 29.9 Å². The molecule has 22 heavy (non-hydrogen) atoms. The van der Waals surface area contributed by atoms with Crippen LogP contribution in [-0.4, -0.2) is 56.4 Å². The predicted octanol–water partition coefficient (Wildman–Crippen LogP) is 3.16. The van der Waals surface area contributed by atoms with Gasteiger partial charge in [-0.05, 0) is 30.7 Å². The first-order valence-electron chi connectivity index (χ1n) is 6.84. The van der Waals surface area contributed by atoms with Gasteiger partial charge in [0.1, 0.15) is 0 Å². The molecule has 5 nitrogen and oxygen atoms in total. The van der Waals surface area contributed by atoms with E-state index in [1.54, 1.807) is 24.3 Å². The molecule has 0 saturated heterocycles. The first kappa shape index (κ1) is 21.0. The van der Waals surface area contributed by atoms with E-state index >= 15 is 0 Å². The molecule has 1 amide bonds. The second-order valence-corrected chi connectivity index (χ2v) is 5.57. The van der Waals surface area contributed by atoms with Crippen LogP contribution in [0.4, 0.5) is 5.69 Å². The molecule has 0 aliphatic carbocycles. The molecule has 1 rings (SSSR count). The zero-order valence-electron chi connectivity index (χ0n) is 13.5. The highest BCUT2D eigenvalue weighted by atomic mass is 127. The molecule has 0 saturated carbocycles. The van der Waals surface area contributed by atoms with Gasteiger partial charge < -0.3 is 15.1 Å². The minimum Gasteiger partial charge on any atom is -0.349 e. The fourth-order valence-electron chi connectivity index (χ4n) is 1.86. The van der Waals surface area contributed by atoms with Crippen LogP contribution in [0.2, 0.25) is 5.02 Å². The predicted molar refractivity (Wildman–Crippen MR) is 104 cm³/mol. The lowest BCUT2D eigenvalue weighted by Gasteiger charge is -2.22. The number of aliphatic imine (C=N–C) groups is 1. The van der Waals surface area contributed by atoms with E-state index in [0.717, 1.165) is 11.6 Å². The van der Waals surface area contributed by atoms with E-state index in [9.17, 15) is 4.79 Å². The number of carbonyl (C=O) groups is 1. The molecule has 0 aliphatic rings. The molecular weight excluding hydrogens is 415 g/mol. The number of anilines is 1. The zero-order valence-corrected chi connectivity index (χ0v) is 16.6. The number of amides is 1. The maximum absolute atomic E-state index is 11.8. The summed E-state index contributed by atoms with van der Waals surface area (Å²) in [7, 11) is 7.80. The molecule has 0 atom stereocenters. The van der Waals surface area contributed by atoms with Crippen molar-refractivity contribution in [2.75, 3.05) is 40.1 Å². The number of hydrogen-bond donors (Lipinski definition) is 1. The summed E-state index contributed by atoms with van der Waals surface area (Å²) in [5.74, 6) is 0.886. The minimum absolute atomic E-state index is 0. The van der Waals surface area contributed by atoms with Crippen LogP contribution in [0.25, 0.3) is 0 Å². The van der Waals surface area contributed by atoms with Gasteiger partial charge in [-0.1, -0.05) is 11.6 Å². The summed E-state index contributed by atoms with van der Waals surface area (Å²) in [5, 5.41) is 3.49. The summed E-state index contributed by atoms with van der Waals surface area (Å²) in [4.78, 5) is 20.2. The van der Waals surface area contributed by atoms with Crippen LogP contribution in [0.3, 0.4) is 0 Å². The number of hydrogen-bond acceptors (Lipinski definition) is 2. The summed E-state index contributed by atoms with van der Waals surface area (Å²) in [6, 6.07) is 7.08. The van der Waals surface area contributed by atoms with Gasteiger partial charge in [0.25, 0.3) is 0 Å². The third kappa shape index (κ3) is 7.84. The number of benzene rings is 1. The van der Waals surface area contributed by atoms with Gasteiger partial charge in [0.15, 0.2) is 5.96 Å². The average Bonchev–Trinajstić information content (AvgIpc) is 2.40. The van der Waals surface area contributed by atoms with E-state index in [2.05, 4.69) is 10.3 Å². The highest BCUT2D eigenvalue weighted by Gasteiger charge is 2.05. The Morgan fingerprint density at radius 2 is 1.68 bits per heavy atom. The van der Waals surface area contributed by atoms with Crippen molar-refractivity contribution in [1.82, 2.24) is 9.80 Å². The van der Waals surface area contributed by atoms with Gasteiger partial charge in [0.2, 0.25) is 5.91 Å². The lowest BCUT2D eigenvalue weighted by atomic mass is 10.2. The molecule has 0 spiro atoms. The van der Waals surface area contributed by atoms with Gasteiger partial charge in [-0.2, -0.15) is 0 Å². The number of carbonyl (C=O) groups excluding carboxylic acids is 1. The van der Waals surface area contributed by atoms with Crippen LogP contribution in [-0.2, 0) is 4.79 Å². The summed E-state index contributed by atoms with van der Waals surface area (Å²) in [5.41, 5.74) is 0.759. The Kier molecular flexibility index (Phi) is 10.2. The van der Waals surface area contributed by atoms with Crippen LogP contribution in [0.5, 0.6) is 0 Å². The monoisotopic (exact) mass is 438 g/mol. The largest absolute Gasteiger partial charge is 0.349 e. The first-order chi connectivity index (χ1) is 9.90. The van der Waals surface area contributed by atoms with Gasteiger partial charge in [0, 0.05) is 51.9 Å². The molecule has 1 N–H and O–H groups in total. The zero-order chi connectivity index (χ0) is 15.8. The molecular formula is C15H24ClIN4O. The number of halogens is 2. The molecule has 0 radical (unpaired) electrons. The topological polar surface area (TPSA) is 47.9 Å². The Balaban J connectivity index is 0.00000441. The average molecular weight is 439 g/mol. The molecule has 0 heterocycles. The molecule has 0 aromatic heterocycles. The fourth-order valence-corrected chi connectivity index (χ4v) is 1.98. The SMILES string of the molecule is CN(C)C(=NCCCC(=O)Nc1ccc(Cl)cc1)N(C)C.I. The van der Waals surface area contributed by atoms with E-state index in [4.69, 9.17) is 11.6 Å². The number of nitrogens with zero attached hydrogens (tertiary/aromatic N) is 3. The molecule has 0 fully saturated rings. The van der Waals surface area contributed by atoms with E-state index in [0.29, 0.717) is 24.4 Å². The molecule has 0 unspecified atom stereocenters. The summed E-state index contributed by atoms with van der Waals surface area (Å²) in [6.45, 7) is 0.625. The van der Waals surface area contributed by atoms with Crippen molar-refractivity contribution in [3.63, 3.8) is 0 Å². The third-order valence-electron chi connectivity index (χ3n) is 2.74. The second kappa shape index (κ2) is 10.7. The van der Waals surface area contributed by atoms with Gasteiger partial charge in [0.05, 0.1) is 0 Å². The molecule has 0 bridgehead atoms. The quantitative estimate of drug-likeness (QED) is 0.332. The van der Waals surface area contributed by atoms with E-state index < -0.39 is 0 Å². The fraction of sp³-hybridized carbons (Fsp3) is 0.467. The maximum Gasteiger partial charge on any atom is 0.224 e. The Hall–Kier alpha value is -1.02. The Morgan fingerprint density at radius 1 is 1.14 bits per heavy atom.